The van der Waals surface area contributed by atoms with Crippen molar-refractivity contribution in [2.75, 3.05) is 6.54 Å². The first kappa shape index (κ1) is 11.5. The lowest BCUT2D eigenvalue weighted by molar-refractivity contribution is -0.119. The Hall–Kier alpha value is -0.570. The fourth-order valence-corrected chi connectivity index (χ4v) is 2.38. The summed E-state index contributed by atoms with van der Waals surface area (Å²) in [5.74, 6) is 0.888. The molecular formula is C11H22N2O. The minimum atomic E-state index is 0.106. The molecule has 0 heterocycles. The molecule has 1 rings (SSSR count). The summed E-state index contributed by atoms with van der Waals surface area (Å²) in [7, 11) is 0. The van der Waals surface area contributed by atoms with E-state index in [0.29, 0.717) is 6.04 Å². The monoisotopic (exact) mass is 198 g/mol. The standard InChI is InChI=1S/C11H22N2O/c1-9(14)13-11-6-2-4-10(8-11)5-3-7-12/h10-11H,2-8,12H2,1H3,(H,13,14). The molecule has 1 fully saturated rings. The molecule has 0 aromatic rings. The molecule has 1 aliphatic rings. The average molecular weight is 198 g/mol. The topological polar surface area (TPSA) is 55.1 Å². The maximum absolute atomic E-state index is 10.9. The summed E-state index contributed by atoms with van der Waals surface area (Å²) >= 11 is 0. The maximum Gasteiger partial charge on any atom is 0.217 e. The second kappa shape index (κ2) is 6.02. The van der Waals surface area contributed by atoms with Crippen LogP contribution in [-0.4, -0.2) is 18.5 Å². The Bertz CT molecular complexity index is 182. The van der Waals surface area contributed by atoms with Crippen LogP contribution in [0.15, 0.2) is 0 Å². The second-order valence-electron chi connectivity index (χ2n) is 4.36. The molecule has 0 aromatic carbocycles. The van der Waals surface area contributed by atoms with Gasteiger partial charge in [0.25, 0.3) is 0 Å². The minimum Gasteiger partial charge on any atom is -0.354 e. The van der Waals surface area contributed by atoms with E-state index < -0.39 is 0 Å². The Morgan fingerprint density at radius 1 is 1.50 bits per heavy atom. The lowest BCUT2D eigenvalue weighted by Gasteiger charge is -2.29. The fourth-order valence-electron chi connectivity index (χ4n) is 2.38. The highest BCUT2D eigenvalue weighted by Crippen LogP contribution is 2.27. The Labute approximate surface area is 86.4 Å². The highest BCUT2D eigenvalue weighted by atomic mass is 16.1. The Kier molecular flexibility index (Phi) is 4.94. The summed E-state index contributed by atoms with van der Waals surface area (Å²) in [5.41, 5.74) is 5.49. The van der Waals surface area contributed by atoms with Crippen molar-refractivity contribution in [3.05, 3.63) is 0 Å². The Balaban J connectivity index is 2.24. The zero-order valence-electron chi connectivity index (χ0n) is 9.09. The molecule has 0 radical (unpaired) electrons. The van der Waals surface area contributed by atoms with Crippen LogP contribution in [0.4, 0.5) is 0 Å². The van der Waals surface area contributed by atoms with E-state index in [1.54, 1.807) is 6.92 Å². The second-order valence-corrected chi connectivity index (χ2v) is 4.36. The lowest BCUT2D eigenvalue weighted by Crippen LogP contribution is -2.37. The van der Waals surface area contributed by atoms with E-state index in [-0.39, 0.29) is 5.91 Å². The number of amides is 1. The lowest BCUT2D eigenvalue weighted by atomic mass is 9.83. The van der Waals surface area contributed by atoms with Gasteiger partial charge in [0.2, 0.25) is 5.91 Å². The van der Waals surface area contributed by atoms with E-state index in [2.05, 4.69) is 5.32 Å². The third-order valence-electron chi connectivity index (χ3n) is 3.01. The van der Waals surface area contributed by atoms with Crippen LogP contribution in [0.1, 0.15) is 45.4 Å². The van der Waals surface area contributed by atoms with Gasteiger partial charge >= 0.3 is 0 Å². The predicted molar refractivity (Wildman–Crippen MR) is 57.9 cm³/mol. The van der Waals surface area contributed by atoms with E-state index in [4.69, 9.17) is 5.73 Å². The van der Waals surface area contributed by atoms with Gasteiger partial charge in [0.15, 0.2) is 0 Å². The van der Waals surface area contributed by atoms with Crippen LogP contribution < -0.4 is 11.1 Å². The fraction of sp³-hybridized carbons (Fsp3) is 0.909. The summed E-state index contributed by atoms with van der Waals surface area (Å²) < 4.78 is 0. The zero-order chi connectivity index (χ0) is 10.4. The van der Waals surface area contributed by atoms with Crippen molar-refractivity contribution in [2.45, 2.75) is 51.5 Å². The molecule has 0 spiro atoms. The van der Waals surface area contributed by atoms with Gasteiger partial charge in [-0.15, -0.1) is 0 Å². The van der Waals surface area contributed by atoms with Crippen molar-refractivity contribution in [3.63, 3.8) is 0 Å². The highest BCUT2D eigenvalue weighted by Gasteiger charge is 2.21. The number of carbonyl (C=O) groups excluding carboxylic acids is 1. The number of nitrogens with two attached hydrogens (primary N) is 1. The van der Waals surface area contributed by atoms with Crippen LogP contribution in [0.2, 0.25) is 0 Å². The predicted octanol–water partition coefficient (Wildman–Crippen LogP) is 1.42. The van der Waals surface area contributed by atoms with Crippen molar-refractivity contribution in [1.29, 1.82) is 0 Å². The van der Waals surface area contributed by atoms with Crippen molar-refractivity contribution >= 4 is 5.91 Å². The molecule has 0 saturated heterocycles. The van der Waals surface area contributed by atoms with Crippen LogP contribution in [0.25, 0.3) is 0 Å². The van der Waals surface area contributed by atoms with Gasteiger partial charge in [-0.2, -0.15) is 0 Å². The zero-order valence-corrected chi connectivity index (χ0v) is 9.09. The van der Waals surface area contributed by atoms with Gasteiger partial charge in [-0.05, 0) is 38.1 Å². The molecule has 82 valence electrons. The molecule has 1 amide bonds. The maximum atomic E-state index is 10.9. The summed E-state index contributed by atoms with van der Waals surface area (Å²) in [4.78, 5) is 10.9. The number of hydrogen-bond acceptors (Lipinski definition) is 2. The molecule has 0 aromatic heterocycles. The molecule has 2 unspecified atom stereocenters. The molecule has 3 nitrogen and oxygen atoms in total. The van der Waals surface area contributed by atoms with Crippen molar-refractivity contribution in [1.82, 2.24) is 5.32 Å². The molecule has 14 heavy (non-hydrogen) atoms. The normalized spacial score (nSPS) is 27.3. The summed E-state index contributed by atoms with van der Waals surface area (Å²) in [5, 5.41) is 3.02. The highest BCUT2D eigenvalue weighted by molar-refractivity contribution is 5.73. The van der Waals surface area contributed by atoms with E-state index >= 15 is 0 Å². The molecule has 3 N–H and O–H groups in total. The average Bonchev–Trinajstić information content (AvgIpc) is 2.14. The smallest absolute Gasteiger partial charge is 0.217 e. The summed E-state index contributed by atoms with van der Waals surface area (Å²) in [6.07, 6.45) is 7.22. The third-order valence-corrected chi connectivity index (χ3v) is 3.01. The minimum absolute atomic E-state index is 0.106. The van der Waals surface area contributed by atoms with Gasteiger partial charge in [-0.25, -0.2) is 0 Å². The van der Waals surface area contributed by atoms with Crippen molar-refractivity contribution in [3.8, 4) is 0 Å². The van der Waals surface area contributed by atoms with E-state index in [1.807, 2.05) is 0 Å². The van der Waals surface area contributed by atoms with E-state index in [1.165, 1.54) is 19.3 Å². The van der Waals surface area contributed by atoms with Gasteiger partial charge in [-0.3, -0.25) is 4.79 Å². The van der Waals surface area contributed by atoms with Gasteiger partial charge in [0.1, 0.15) is 0 Å². The molecule has 3 heteroatoms. The largest absolute Gasteiger partial charge is 0.354 e. The van der Waals surface area contributed by atoms with Gasteiger partial charge in [0.05, 0.1) is 0 Å². The van der Waals surface area contributed by atoms with Gasteiger partial charge in [0, 0.05) is 13.0 Å². The molecule has 1 saturated carbocycles. The Morgan fingerprint density at radius 3 is 2.93 bits per heavy atom. The number of carbonyl (C=O) groups is 1. The van der Waals surface area contributed by atoms with Crippen molar-refractivity contribution < 1.29 is 4.79 Å². The van der Waals surface area contributed by atoms with Gasteiger partial charge in [-0.1, -0.05) is 12.8 Å². The van der Waals surface area contributed by atoms with Crippen LogP contribution in [0.5, 0.6) is 0 Å². The summed E-state index contributed by atoms with van der Waals surface area (Å²) in [6, 6.07) is 0.420. The third kappa shape index (κ3) is 4.09. The Morgan fingerprint density at radius 2 is 2.29 bits per heavy atom. The quantitative estimate of drug-likeness (QED) is 0.718. The first-order valence-electron chi connectivity index (χ1n) is 5.69. The molecule has 0 bridgehead atoms. The van der Waals surface area contributed by atoms with Crippen molar-refractivity contribution in [2.24, 2.45) is 11.7 Å². The number of nitrogens with one attached hydrogen (secondary N) is 1. The van der Waals surface area contributed by atoms with Crippen LogP contribution in [-0.2, 0) is 4.79 Å². The number of rotatable bonds is 4. The molecule has 0 aliphatic heterocycles. The first-order chi connectivity index (χ1) is 6.72. The molecule has 1 aliphatic carbocycles. The van der Waals surface area contributed by atoms with Gasteiger partial charge < -0.3 is 11.1 Å². The van der Waals surface area contributed by atoms with Crippen LogP contribution >= 0.6 is 0 Å². The first-order valence-corrected chi connectivity index (χ1v) is 5.69. The van der Waals surface area contributed by atoms with E-state index in [0.717, 1.165) is 31.7 Å². The van der Waals surface area contributed by atoms with Crippen LogP contribution in [0, 0.1) is 5.92 Å². The SMILES string of the molecule is CC(=O)NC1CCCC(CCCN)C1. The summed E-state index contributed by atoms with van der Waals surface area (Å²) in [6.45, 7) is 2.39. The molecular weight excluding hydrogens is 176 g/mol. The van der Waals surface area contributed by atoms with Crippen LogP contribution in [0.3, 0.4) is 0 Å². The number of hydrogen-bond donors (Lipinski definition) is 2. The molecule has 2 atom stereocenters. The van der Waals surface area contributed by atoms with E-state index in [9.17, 15) is 4.79 Å².